The Labute approximate surface area is 152 Å². The molecule has 1 aromatic carbocycles. The molecule has 7 nitrogen and oxygen atoms in total. The first-order chi connectivity index (χ1) is 12.4. The predicted octanol–water partition coefficient (Wildman–Crippen LogP) is 2.15. The fourth-order valence-electron chi connectivity index (χ4n) is 3.01. The smallest absolute Gasteiger partial charge is 0.260 e. The highest BCUT2D eigenvalue weighted by molar-refractivity contribution is 7.92. The molecule has 1 aliphatic carbocycles. The van der Waals surface area contributed by atoms with E-state index in [2.05, 4.69) is 10.1 Å². The van der Waals surface area contributed by atoms with Gasteiger partial charge in [0.15, 0.2) is 11.4 Å². The monoisotopic (exact) mass is 375 g/mol. The fraction of sp³-hybridized carbons (Fsp3) is 0.444. The van der Waals surface area contributed by atoms with Gasteiger partial charge in [-0.25, -0.2) is 8.42 Å². The molecule has 2 aromatic rings. The molecule has 2 fully saturated rings. The van der Waals surface area contributed by atoms with E-state index in [1.165, 1.54) is 9.71 Å². The van der Waals surface area contributed by atoms with Crippen LogP contribution < -0.4 is 0 Å². The largest absolute Gasteiger partial charge is 0.379 e. The van der Waals surface area contributed by atoms with Crippen molar-refractivity contribution in [3.05, 3.63) is 52.5 Å². The van der Waals surface area contributed by atoms with E-state index in [0.29, 0.717) is 11.7 Å². The van der Waals surface area contributed by atoms with Crippen LogP contribution in [0.15, 0.2) is 34.2 Å². The maximum absolute atomic E-state index is 12.6. The van der Waals surface area contributed by atoms with Crippen LogP contribution in [0, 0.1) is 6.92 Å². The van der Waals surface area contributed by atoms with Gasteiger partial charge in [-0.2, -0.15) is 9.29 Å². The number of hydrogen-bond donors (Lipinski definition) is 1. The summed E-state index contributed by atoms with van der Waals surface area (Å²) in [7, 11) is -3.64. The summed E-state index contributed by atoms with van der Waals surface area (Å²) in [6, 6.07) is 7.57. The van der Waals surface area contributed by atoms with Gasteiger partial charge in [0.05, 0.1) is 6.54 Å². The molecule has 0 bridgehead atoms. The summed E-state index contributed by atoms with van der Waals surface area (Å²) in [6.45, 7) is 2.10. The highest BCUT2D eigenvalue weighted by atomic mass is 32.2. The lowest BCUT2D eigenvalue weighted by atomic mass is 10.0. The molecule has 1 atom stereocenters. The van der Waals surface area contributed by atoms with Gasteiger partial charge in [0.25, 0.3) is 5.89 Å². The number of aryl methyl sites for hydroxylation is 1. The number of sulfonamides is 1. The summed E-state index contributed by atoms with van der Waals surface area (Å²) in [5.41, 5.74) is 0.490. The molecule has 138 valence electrons. The molecule has 26 heavy (non-hydrogen) atoms. The predicted molar refractivity (Wildman–Crippen MR) is 95.5 cm³/mol. The third-order valence-electron chi connectivity index (χ3n) is 4.86. The first-order valence-corrected chi connectivity index (χ1v) is 10.2. The Morgan fingerprint density at radius 2 is 2.04 bits per heavy atom. The second-order valence-corrected chi connectivity index (χ2v) is 8.92. The zero-order valence-electron chi connectivity index (χ0n) is 14.5. The molecular formula is C18H21N3O4S. The van der Waals surface area contributed by atoms with Crippen molar-refractivity contribution in [2.45, 2.75) is 37.7 Å². The number of nitrogens with zero attached hydrogens (tertiary/aromatic N) is 3. The molecule has 0 spiro atoms. The van der Waals surface area contributed by atoms with E-state index >= 15 is 0 Å². The molecular weight excluding hydrogens is 354 g/mol. The van der Waals surface area contributed by atoms with E-state index in [1.54, 1.807) is 6.08 Å². The van der Waals surface area contributed by atoms with Crippen LogP contribution in [0.5, 0.6) is 0 Å². The third-order valence-corrected chi connectivity index (χ3v) is 6.38. The van der Waals surface area contributed by atoms with Gasteiger partial charge in [-0.15, -0.1) is 0 Å². The summed E-state index contributed by atoms with van der Waals surface area (Å²) in [5, 5.41) is 15.9. The van der Waals surface area contributed by atoms with Crippen LogP contribution in [0.3, 0.4) is 0 Å². The SMILES string of the molecule is Cc1ccc(/C=C/S(=O)(=O)N2CCC(O)(c3nc(C4CC4)no3)C2)cc1. The highest BCUT2D eigenvalue weighted by Crippen LogP contribution is 2.40. The molecule has 1 saturated carbocycles. The van der Waals surface area contributed by atoms with Gasteiger partial charge in [0, 0.05) is 24.3 Å². The van der Waals surface area contributed by atoms with Crippen molar-refractivity contribution >= 4 is 16.1 Å². The van der Waals surface area contributed by atoms with Crippen molar-refractivity contribution in [1.82, 2.24) is 14.4 Å². The molecule has 1 saturated heterocycles. The lowest BCUT2D eigenvalue weighted by Crippen LogP contribution is -2.33. The van der Waals surface area contributed by atoms with Crippen molar-refractivity contribution in [1.29, 1.82) is 0 Å². The molecule has 0 radical (unpaired) electrons. The molecule has 4 rings (SSSR count). The van der Waals surface area contributed by atoms with Gasteiger partial charge >= 0.3 is 0 Å². The maximum atomic E-state index is 12.6. The lowest BCUT2D eigenvalue weighted by molar-refractivity contribution is 0.0195. The topological polar surface area (TPSA) is 96.5 Å². The van der Waals surface area contributed by atoms with Crippen molar-refractivity contribution < 1.29 is 18.0 Å². The first-order valence-electron chi connectivity index (χ1n) is 8.67. The van der Waals surface area contributed by atoms with Gasteiger partial charge in [0.1, 0.15) is 0 Å². The normalized spacial score (nSPS) is 24.5. The van der Waals surface area contributed by atoms with Crippen LogP contribution >= 0.6 is 0 Å². The molecule has 2 aliphatic rings. The number of aromatic nitrogens is 2. The molecule has 0 amide bonds. The van der Waals surface area contributed by atoms with Crippen LogP contribution in [0.2, 0.25) is 0 Å². The Kier molecular flexibility index (Phi) is 4.21. The number of hydrogen-bond acceptors (Lipinski definition) is 6. The standard InChI is InChI=1S/C18H21N3O4S/c1-13-2-4-14(5-3-13)8-11-26(23,24)21-10-9-18(22,12-21)17-19-16(20-25-17)15-6-7-15/h2-5,8,11,15,22H,6-7,9-10,12H2,1H3/b11-8+. The quantitative estimate of drug-likeness (QED) is 0.860. The van der Waals surface area contributed by atoms with Crippen LogP contribution in [0.4, 0.5) is 0 Å². The van der Waals surface area contributed by atoms with Gasteiger partial charge in [-0.3, -0.25) is 0 Å². The molecule has 2 heterocycles. The zero-order valence-corrected chi connectivity index (χ0v) is 15.3. The summed E-state index contributed by atoms with van der Waals surface area (Å²) >= 11 is 0. The Morgan fingerprint density at radius 3 is 2.73 bits per heavy atom. The van der Waals surface area contributed by atoms with E-state index < -0.39 is 15.6 Å². The molecule has 1 unspecified atom stereocenters. The number of rotatable bonds is 5. The fourth-order valence-corrected chi connectivity index (χ4v) is 4.25. The summed E-state index contributed by atoms with van der Waals surface area (Å²) in [5.74, 6) is 1.03. The molecule has 1 N–H and O–H groups in total. The summed E-state index contributed by atoms with van der Waals surface area (Å²) in [4.78, 5) is 4.28. The minimum absolute atomic E-state index is 0.0835. The summed E-state index contributed by atoms with van der Waals surface area (Å²) < 4.78 is 31.6. The second-order valence-electron chi connectivity index (χ2n) is 7.11. The van der Waals surface area contributed by atoms with Crippen LogP contribution in [-0.2, 0) is 15.6 Å². The van der Waals surface area contributed by atoms with Gasteiger partial charge in [-0.05, 0) is 31.4 Å². The average molecular weight is 375 g/mol. The van der Waals surface area contributed by atoms with Crippen molar-refractivity contribution in [2.75, 3.05) is 13.1 Å². The Hall–Kier alpha value is -2.03. The Balaban J connectivity index is 1.48. The van der Waals surface area contributed by atoms with Gasteiger partial charge in [0.2, 0.25) is 10.0 Å². The molecule has 8 heteroatoms. The minimum Gasteiger partial charge on any atom is -0.379 e. The Morgan fingerprint density at radius 1 is 1.31 bits per heavy atom. The molecule has 1 aromatic heterocycles. The van der Waals surface area contributed by atoms with E-state index in [0.717, 1.165) is 24.0 Å². The first kappa shape index (κ1) is 17.4. The van der Waals surface area contributed by atoms with E-state index in [9.17, 15) is 13.5 Å². The maximum Gasteiger partial charge on any atom is 0.260 e. The number of β-amino-alcohol motifs (C(OH)–C–C–N with tert-alkyl or cyclic N) is 1. The number of benzene rings is 1. The summed E-state index contributed by atoms with van der Waals surface area (Å²) in [6.07, 6.45) is 3.85. The van der Waals surface area contributed by atoms with E-state index in [-0.39, 0.29) is 25.4 Å². The minimum atomic E-state index is -3.64. The van der Waals surface area contributed by atoms with Crippen LogP contribution in [0.1, 0.15) is 48.0 Å². The second kappa shape index (κ2) is 6.29. The van der Waals surface area contributed by atoms with E-state index in [4.69, 9.17) is 4.52 Å². The van der Waals surface area contributed by atoms with Gasteiger partial charge in [-0.1, -0.05) is 35.0 Å². The van der Waals surface area contributed by atoms with Crippen molar-refractivity contribution in [3.63, 3.8) is 0 Å². The Bertz CT molecular complexity index is 932. The lowest BCUT2D eigenvalue weighted by Gasteiger charge is -2.18. The molecule has 1 aliphatic heterocycles. The van der Waals surface area contributed by atoms with Crippen molar-refractivity contribution in [2.24, 2.45) is 0 Å². The van der Waals surface area contributed by atoms with Gasteiger partial charge < -0.3 is 9.63 Å². The van der Waals surface area contributed by atoms with Crippen LogP contribution in [-0.4, -0.2) is 41.1 Å². The third kappa shape index (κ3) is 3.44. The van der Waals surface area contributed by atoms with E-state index in [1.807, 2.05) is 31.2 Å². The zero-order chi connectivity index (χ0) is 18.4. The average Bonchev–Trinajstić information content (AvgIpc) is 3.18. The highest BCUT2D eigenvalue weighted by Gasteiger charge is 2.46. The van der Waals surface area contributed by atoms with Crippen LogP contribution in [0.25, 0.3) is 6.08 Å². The van der Waals surface area contributed by atoms with Crippen molar-refractivity contribution in [3.8, 4) is 0 Å². The number of aliphatic hydroxyl groups is 1.